The highest BCUT2D eigenvalue weighted by molar-refractivity contribution is 9.10. The molecule has 31 heavy (non-hydrogen) atoms. The molecule has 166 valence electrons. The van der Waals surface area contributed by atoms with Gasteiger partial charge < -0.3 is 19.1 Å². The topological polar surface area (TPSA) is 84.7 Å². The summed E-state index contributed by atoms with van der Waals surface area (Å²) >= 11 is 3.51. The largest absolute Gasteiger partial charge is 0.490 e. The van der Waals surface area contributed by atoms with Gasteiger partial charge in [-0.3, -0.25) is 0 Å². The molecular formula is C23H28BrN3O4. The van der Waals surface area contributed by atoms with Crippen LogP contribution in [-0.4, -0.2) is 46.9 Å². The summed E-state index contributed by atoms with van der Waals surface area (Å²) in [5.74, 6) is 0.945. The van der Waals surface area contributed by atoms with E-state index in [1.54, 1.807) is 23.2 Å². The SMILES string of the molecule is CC(C)Oc1cc2c(O[C@@H]3CCCN(C(=O)OC(C)(C)C)C3)ncc(Br)c2cc1C#N. The molecule has 1 aromatic heterocycles. The van der Waals surface area contributed by atoms with Crippen molar-refractivity contribution in [2.24, 2.45) is 0 Å². The van der Waals surface area contributed by atoms with E-state index in [2.05, 4.69) is 27.0 Å². The van der Waals surface area contributed by atoms with Gasteiger partial charge in [-0.05, 0) is 75.5 Å². The molecule has 1 amide bonds. The van der Waals surface area contributed by atoms with Crippen molar-refractivity contribution in [3.05, 3.63) is 28.4 Å². The van der Waals surface area contributed by atoms with Crippen molar-refractivity contribution in [1.29, 1.82) is 5.26 Å². The van der Waals surface area contributed by atoms with Gasteiger partial charge in [-0.25, -0.2) is 9.78 Å². The summed E-state index contributed by atoms with van der Waals surface area (Å²) in [5.41, 5.74) is -0.0904. The van der Waals surface area contributed by atoms with Crippen LogP contribution in [0.25, 0.3) is 10.8 Å². The zero-order chi connectivity index (χ0) is 22.8. The quantitative estimate of drug-likeness (QED) is 0.568. The third-order valence-corrected chi connectivity index (χ3v) is 5.33. The first-order chi connectivity index (χ1) is 14.6. The highest BCUT2D eigenvalue weighted by atomic mass is 79.9. The summed E-state index contributed by atoms with van der Waals surface area (Å²) in [5, 5.41) is 11.1. The number of piperidine rings is 1. The van der Waals surface area contributed by atoms with E-state index in [9.17, 15) is 10.1 Å². The van der Waals surface area contributed by atoms with Gasteiger partial charge in [0.2, 0.25) is 5.88 Å². The van der Waals surface area contributed by atoms with Gasteiger partial charge in [0, 0.05) is 28.0 Å². The number of hydrogen-bond donors (Lipinski definition) is 0. The molecule has 2 heterocycles. The Morgan fingerprint density at radius 1 is 1.32 bits per heavy atom. The second kappa shape index (κ2) is 9.31. The van der Waals surface area contributed by atoms with Gasteiger partial charge in [-0.1, -0.05) is 0 Å². The molecule has 7 nitrogen and oxygen atoms in total. The van der Waals surface area contributed by atoms with Crippen LogP contribution in [0, 0.1) is 11.3 Å². The van der Waals surface area contributed by atoms with Gasteiger partial charge in [-0.15, -0.1) is 0 Å². The van der Waals surface area contributed by atoms with Gasteiger partial charge in [-0.2, -0.15) is 5.26 Å². The van der Waals surface area contributed by atoms with Crippen molar-refractivity contribution in [3.8, 4) is 17.7 Å². The Bertz CT molecular complexity index is 1010. The Labute approximate surface area is 191 Å². The van der Waals surface area contributed by atoms with Gasteiger partial charge in [0.25, 0.3) is 0 Å². The summed E-state index contributed by atoms with van der Waals surface area (Å²) in [7, 11) is 0. The lowest BCUT2D eigenvalue weighted by atomic mass is 10.1. The maximum atomic E-state index is 12.5. The van der Waals surface area contributed by atoms with Crippen LogP contribution in [0.1, 0.15) is 53.0 Å². The second-order valence-electron chi connectivity index (χ2n) is 8.89. The van der Waals surface area contributed by atoms with E-state index >= 15 is 0 Å². The number of ether oxygens (including phenoxy) is 3. The summed E-state index contributed by atoms with van der Waals surface area (Å²) in [6, 6.07) is 5.77. The Morgan fingerprint density at radius 3 is 2.71 bits per heavy atom. The molecule has 1 aliphatic rings. The molecule has 0 N–H and O–H groups in total. The predicted octanol–water partition coefficient (Wildman–Crippen LogP) is 5.43. The lowest BCUT2D eigenvalue weighted by Gasteiger charge is -2.34. The van der Waals surface area contributed by atoms with E-state index in [0.717, 1.165) is 28.1 Å². The lowest BCUT2D eigenvalue weighted by Crippen LogP contribution is -2.46. The third-order valence-electron chi connectivity index (χ3n) is 4.69. The van der Waals surface area contributed by atoms with Crippen LogP contribution in [-0.2, 0) is 4.74 Å². The number of hydrogen-bond acceptors (Lipinski definition) is 6. The highest BCUT2D eigenvalue weighted by Gasteiger charge is 2.29. The molecule has 0 unspecified atom stereocenters. The maximum Gasteiger partial charge on any atom is 0.410 e. The fourth-order valence-electron chi connectivity index (χ4n) is 3.43. The first kappa shape index (κ1) is 23.1. The van der Waals surface area contributed by atoms with E-state index in [0.29, 0.717) is 30.3 Å². The zero-order valence-corrected chi connectivity index (χ0v) is 20.2. The normalized spacial score (nSPS) is 16.8. The van der Waals surface area contributed by atoms with E-state index in [-0.39, 0.29) is 18.3 Å². The minimum Gasteiger partial charge on any atom is -0.490 e. The Kier molecular flexibility index (Phi) is 6.95. The Hall–Kier alpha value is -2.53. The average Bonchev–Trinajstić information content (AvgIpc) is 2.68. The van der Waals surface area contributed by atoms with Crippen LogP contribution in [0.2, 0.25) is 0 Å². The Balaban J connectivity index is 1.88. The fraction of sp³-hybridized carbons (Fsp3) is 0.522. The highest BCUT2D eigenvalue weighted by Crippen LogP contribution is 2.36. The van der Waals surface area contributed by atoms with E-state index in [4.69, 9.17) is 14.2 Å². The molecular weight excluding hydrogens is 462 g/mol. The van der Waals surface area contributed by atoms with Crippen LogP contribution < -0.4 is 9.47 Å². The molecule has 1 saturated heterocycles. The number of carbonyl (C=O) groups is 1. The van der Waals surface area contributed by atoms with Crippen LogP contribution in [0.5, 0.6) is 11.6 Å². The molecule has 2 aromatic rings. The predicted molar refractivity (Wildman–Crippen MR) is 121 cm³/mol. The van der Waals surface area contributed by atoms with Crippen LogP contribution >= 0.6 is 15.9 Å². The number of benzene rings is 1. The van der Waals surface area contributed by atoms with Crippen molar-refractivity contribution in [3.63, 3.8) is 0 Å². The monoisotopic (exact) mass is 489 g/mol. The van der Waals surface area contributed by atoms with Crippen LogP contribution in [0.4, 0.5) is 4.79 Å². The van der Waals surface area contributed by atoms with Crippen LogP contribution in [0.3, 0.4) is 0 Å². The summed E-state index contributed by atoms with van der Waals surface area (Å²) in [6.07, 6.45) is 2.68. The number of aromatic nitrogens is 1. The molecule has 0 bridgehead atoms. The molecule has 1 aliphatic heterocycles. The maximum absolute atomic E-state index is 12.5. The molecule has 1 aromatic carbocycles. The first-order valence-corrected chi connectivity index (χ1v) is 11.2. The van der Waals surface area contributed by atoms with Crippen molar-refractivity contribution in [1.82, 2.24) is 9.88 Å². The standard InChI is InChI=1S/C23H28BrN3O4/c1-14(2)29-20-10-18-17(9-15(20)11-25)19(24)12-26-21(18)30-16-7-6-8-27(13-16)22(28)31-23(3,4)5/h9-10,12,14,16H,6-8,13H2,1-5H3/t16-/m1/s1. The van der Waals surface area contributed by atoms with Gasteiger partial charge in [0.05, 0.1) is 18.2 Å². The van der Waals surface area contributed by atoms with Crippen LogP contribution in [0.15, 0.2) is 22.8 Å². The van der Waals surface area contributed by atoms with Gasteiger partial charge in [0.15, 0.2) is 0 Å². The molecule has 0 saturated carbocycles. The number of pyridine rings is 1. The van der Waals surface area contributed by atoms with E-state index < -0.39 is 5.60 Å². The fourth-order valence-corrected chi connectivity index (χ4v) is 3.86. The zero-order valence-electron chi connectivity index (χ0n) is 18.6. The van der Waals surface area contributed by atoms with E-state index in [1.165, 1.54) is 0 Å². The second-order valence-corrected chi connectivity index (χ2v) is 9.75. The number of nitriles is 1. The van der Waals surface area contributed by atoms with Gasteiger partial charge in [0.1, 0.15) is 23.5 Å². The number of halogens is 1. The molecule has 3 rings (SSSR count). The molecule has 8 heteroatoms. The number of fused-ring (bicyclic) bond motifs is 1. The third kappa shape index (κ3) is 5.79. The van der Waals surface area contributed by atoms with Crippen molar-refractivity contribution >= 4 is 32.8 Å². The molecule has 0 aliphatic carbocycles. The lowest BCUT2D eigenvalue weighted by molar-refractivity contribution is 0.00743. The first-order valence-electron chi connectivity index (χ1n) is 10.4. The number of nitrogens with zero attached hydrogens (tertiary/aromatic N) is 3. The van der Waals surface area contributed by atoms with E-state index in [1.807, 2.05) is 34.6 Å². The minimum absolute atomic E-state index is 0.0743. The minimum atomic E-state index is -0.542. The van der Waals surface area contributed by atoms with Crippen molar-refractivity contribution in [2.45, 2.75) is 65.3 Å². The Morgan fingerprint density at radius 2 is 2.06 bits per heavy atom. The molecule has 1 fully saturated rings. The summed E-state index contributed by atoms with van der Waals surface area (Å²) < 4.78 is 18.3. The average molecular weight is 490 g/mol. The molecule has 0 spiro atoms. The number of likely N-dealkylation sites (tertiary alicyclic amines) is 1. The van der Waals surface area contributed by atoms with Crippen molar-refractivity contribution < 1.29 is 19.0 Å². The smallest absolute Gasteiger partial charge is 0.410 e. The molecule has 0 radical (unpaired) electrons. The van der Waals surface area contributed by atoms with Crippen molar-refractivity contribution in [2.75, 3.05) is 13.1 Å². The summed E-state index contributed by atoms with van der Waals surface area (Å²) in [6.45, 7) is 10.5. The molecule has 1 atom stereocenters. The summed E-state index contributed by atoms with van der Waals surface area (Å²) in [4.78, 5) is 18.6. The number of rotatable bonds is 4. The van der Waals surface area contributed by atoms with Gasteiger partial charge >= 0.3 is 6.09 Å². The number of carbonyl (C=O) groups excluding carboxylic acids is 1. The number of amides is 1.